The van der Waals surface area contributed by atoms with E-state index in [2.05, 4.69) is 5.32 Å². The number of rotatable bonds is 12. The number of nitrogens with zero attached hydrogens (tertiary/aromatic N) is 1. The van der Waals surface area contributed by atoms with Crippen LogP contribution in [0, 0.1) is 0 Å². The molecule has 3 aromatic carbocycles. The molecule has 4 nitrogen and oxygen atoms in total. The van der Waals surface area contributed by atoms with Gasteiger partial charge >= 0.3 is 0 Å². The van der Waals surface area contributed by atoms with Crippen LogP contribution < -0.4 is 5.32 Å². The van der Waals surface area contributed by atoms with E-state index in [1.165, 1.54) is 0 Å². The smallest absolute Gasteiger partial charge is 0.243 e. The fourth-order valence-electron chi connectivity index (χ4n) is 3.85. The van der Waals surface area contributed by atoms with Crippen molar-refractivity contribution in [2.45, 2.75) is 56.6 Å². The monoisotopic (exact) mass is 542 g/mol. The number of carbonyl (C=O) groups excluding carboxylic acids is 2. The van der Waals surface area contributed by atoms with Gasteiger partial charge in [-0.15, -0.1) is 11.8 Å². The van der Waals surface area contributed by atoms with Crippen LogP contribution in [0.15, 0.2) is 83.8 Å². The first kappa shape index (κ1) is 28.1. The molecule has 0 aliphatic carbocycles. The molecule has 36 heavy (non-hydrogen) atoms. The van der Waals surface area contributed by atoms with Crippen LogP contribution in [0.3, 0.4) is 0 Å². The van der Waals surface area contributed by atoms with Gasteiger partial charge in [-0.3, -0.25) is 9.59 Å². The van der Waals surface area contributed by atoms with Crippen LogP contribution in [0.1, 0.15) is 37.8 Å². The third-order valence-corrected chi connectivity index (χ3v) is 7.15. The molecule has 2 amide bonds. The fourth-order valence-corrected chi connectivity index (χ4v) is 5.05. The highest BCUT2D eigenvalue weighted by atomic mass is 35.5. The van der Waals surface area contributed by atoms with Crippen LogP contribution in [0.4, 0.5) is 0 Å². The van der Waals surface area contributed by atoms with Crippen molar-refractivity contribution in [1.82, 2.24) is 10.2 Å². The molecule has 0 unspecified atom stereocenters. The highest BCUT2D eigenvalue weighted by Crippen LogP contribution is 2.23. The summed E-state index contributed by atoms with van der Waals surface area (Å²) >= 11 is 13.9. The lowest BCUT2D eigenvalue weighted by Crippen LogP contribution is -2.51. The van der Waals surface area contributed by atoms with Crippen molar-refractivity contribution in [3.63, 3.8) is 0 Å². The molecule has 1 atom stereocenters. The third-order valence-electron chi connectivity index (χ3n) is 5.56. The van der Waals surface area contributed by atoms with Gasteiger partial charge in [0.2, 0.25) is 11.8 Å². The highest BCUT2D eigenvalue weighted by molar-refractivity contribution is 7.99. The Hall–Kier alpha value is -2.47. The lowest BCUT2D eigenvalue weighted by Gasteiger charge is -2.32. The number of amides is 2. The Kier molecular flexibility index (Phi) is 11.2. The van der Waals surface area contributed by atoms with Crippen molar-refractivity contribution in [3.8, 4) is 0 Å². The molecular weight excluding hydrogens is 511 g/mol. The van der Waals surface area contributed by atoms with E-state index in [4.69, 9.17) is 23.2 Å². The molecule has 190 valence electrons. The normalized spacial score (nSPS) is 11.8. The van der Waals surface area contributed by atoms with Crippen molar-refractivity contribution < 1.29 is 9.59 Å². The van der Waals surface area contributed by atoms with Crippen LogP contribution in [-0.2, 0) is 22.6 Å². The molecule has 0 bridgehead atoms. The van der Waals surface area contributed by atoms with Crippen molar-refractivity contribution in [3.05, 3.63) is 100 Å². The highest BCUT2D eigenvalue weighted by Gasteiger charge is 2.30. The zero-order chi connectivity index (χ0) is 25.9. The minimum absolute atomic E-state index is 0.0327. The first-order chi connectivity index (χ1) is 17.3. The molecule has 0 heterocycles. The number of hydrogen-bond acceptors (Lipinski definition) is 3. The number of carbonyl (C=O) groups is 2. The second kappa shape index (κ2) is 14.3. The molecule has 3 rings (SSSR count). The molecule has 0 saturated carbocycles. The maximum Gasteiger partial charge on any atom is 0.243 e. The largest absolute Gasteiger partial charge is 0.352 e. The quantitative estimate of drug-likeness (QED) is 0.197. The lowest BCUT2D eigenvalue weighted by atomic mass is 10.0. The summed E-state index contributed by atoms with van der Waals surface area (Å²) in [6, 6.07) is 24.3. The third kappa shape index (κ3) is 9.20. The Balaban J connectivity index is 1.78. The summed E-state index contributed by atoms with van der Waals surface area (Å²) in [7, 11) is 0. The van der Waals surface area contributed by atoms with E-state index in [-0.39, 0.29) is 17.9 Å². The zero-order valence-corrected chi connectivity index (χ0v) is 23.0. The fraction of sp³-hybridized carbons (Fsp3) is 0.310. The number of benzene rings is 3. The van der Waals surface area contributed by atoms with E-state index in [1.807, 2.05) is 86.6 Å². The zero-order valence-electron chi connectivity index (χ0n) is 20.6. The van der Waals surface area contributed by atoms with Gasteiger partial charge < -0.3 is 10.2 Å². The summed E-state index contributed by atoms with van der Waals surface area (Å²) in [6.45, 7) is 4.16. The van der Waals surface area contributed by atoms with Crippen LogP contribution in [0.2, 0.25) is 10.0 Å². The van der Waals surface area contributed by atoms with Crippen molar-refractivity contribution in [2.75, 3.05) is 5.75 Å². The number of halogens is 2. The van der Waals surface area contributed by atoms with Crippen molar-refractivity contribution in [1.29, 1.82) is 0 Å². The minimum Gasteiger partial charge on any atom is -0.352 e. The summed E-state index contributed by atoms with van der Waals surface area (Å²) < 4.78 is 0. The average molecular weight is 544 g/mol. The molecule has 3 aromatic rings. The van der Waals surface area contributed by atoms with E-state index < -0.39 is 6.04 Å². The predicted molar refractivity (Wildman–Crippen MR) is 151 cm³/mol. The number of hydrogen-bond donors (Lipinski definition) is 1. The van der Waals surface area contributed by atoms with E-state index in [0.717, 1.165) is 21.8 Å². The molecule has 0 fully saturated rings. The molecule has 7 heteroatoms. The van der Waals surface area contributed by atoms with Gasteiger partial charge in [0.15, 0.2) is 0 Å². The van der Waals surface area contributed by atoms with Gasteiger partial charge in [0.25, 0.3) is 0 Å². The van der Waals surface area contributed by atoms with E-state index >= 15 is 0 Å². The topological polar surface area (TPSA) is 49.4 Å². The Morgan fingerprint density at radius 1 is 0.889 bits per heavy atom. The maximum atomic E-state index is 13.6. The Labute approximate surface area is 228 Å². The predicted octanol–water partition coefficient (Wildman–Crippen LogP) is 7.03. The van der Waals surface area contributed by atoms with Crippen molar-refractivity contribution >= 4 is 46.8 Å². The first-order valence-electron chi connectivity index (χ1n) is 12.1. The minimum atomic E-state index is -0.634. The van der Waals surface area contributed by atoms with Crippen LogP contribution >= 0.6 is 35.0 Å². The molecule has 1 N–H and O–H groups in total. The van der Waals surface area contributed by atoms with E-state index in [1.54, 1.807) is 22.7 Å². The summed E-state index contributed by atoms with van der Waals surface area (Å²) in [6.07, 6.45) is 1.48. The molecule has 0 aliphatic heterocycles. The first-order valence-corrected chi connectivity index (χ1v) is 13.8. The summed E-state index contributed by atoms with van der Waals surface area (Å²) in [4.78, 5) is 29.8. The Morgan fingerprint density at radius 3 is 2.25 bits per heavy atom. The Bertz CT molecular complexity index is 1120. The summed E-state index contributed by atoms with van der Waals surface area (Å²) in [5.41, 5.74) is 1.89. The van der Waals surface area contributed by atoms with Gasteiger partial charge in [0.05, 0.1) is 0 Å². The van der Waals surface area contributed by atoms with Crippen LogP contribution in [-0.4, -0.2) is 34.6 Å². The SMILES string of the molecule is CC(C)NC(=O)[C@H](Cc1ccccc1)N(Cc1cccc(Cl)c1)C(=O)CCCSc1ccc(Cl)cc1. The van der Waals surface area contributed by atoms with Crippen LogP contribution in [0.25, 0.3) is 0 Å². The molecule has 0 saturated heterocycles. The molecule has 0 spiro atoms. The summed E-state index contributed by atoms with van der Waals surface area (Å²) in [5, 5.41) is 4.32. The molecule has 0 aliphatic rings. The van der Waals surface area contributed by atoms with Crippen molar-refractivity contribution in [2.24, 2.45) is 0 Å². The van der Waals surface area contributed by atoms with Gasteiger partial charge in [0, 0.05) is 40.4 Å². The Morgan fingerprint density at radius 2 is 1.58 bits per heavy atom. The number of nitrogens with one attached hydrogen (secondary N) is 1. The standard InChI is InChI=1S/C29H32Cl2N2O2S/c1-21(2)32-29(35)27(19-22-8-4-3-5-9-22)33(20-23-10-6-11-25(31)18-23)28(34)12-7-17-36-26-15-13-24(30)14-16-26/h3-6,8-11,13-16,18,21,27H,7,12,17,19-20H2,1-2H3,(H,32,35)/t27-/m0/s1. The maximum absolute atomic E-state index is 13.6. The second-order valence-corrected chi connectivity index (χ2v) is 11.0. The molecule has 0 aromatic heterocycles. The molecular formula is C29H32Cl2N2O2S. The van der Waals surface area contributed by atoms with Gasteiger partial charge in [-0.25, -0.2) is 0 Å². The van der Waals surface area contributed by atoms with Gasteiger partial charge in [-0.1, -0.05) is 65.7 Å². The second-order valence-electron chi connectivity index (χ2n) is 8.93. The van der Waals surface area contributed by atoms with Gasteiger partial charge in [-0.2, -0.15) is 0 Å². The average Bonchev–Trinajstić information content (AvgIpc) is 2.85. The number of thioether (sulfide) groups is 1. The van der Waals surface area contributed by atoms with Gasteiger partial charge in [0.1, 0.15) is 6.04 Å². The van der Waals surface area contributed by atoms with Crippen LogP contribution in [0.5, 0.6) is 0 Å². The molecule has 0 radical (unpaired) electrons. The van der Waals surface area contributed by atoms with Gasteiger partial charge in [-0.05, 0) is 73.5 Å². The summed E-state index contributed by atoms with van der Waals surface area (Å²) in [5.74, 6) is 0.589. The van der Waals surface area contributed by atoms with E-state index in [0.29, 0.717) is 35.9 Å². The lowest BCUT2D eigenvalue weighted by molar-refractivity contribution is -0.141. The van der Waals surface area contributed by atoms with E-state index in [9.17, 15) is 9.59 Å².